The van der Waals surface area contributed by atoms with E-state index in [1.807, 2.05) is 32.9 Å². The van der Waals surface area contributed by atoms with Gasteiger partial charge >= 0.3 is 0 Å². The summed E-state index contributed by atoms with van der Waals surface area (Å²) in [5.74, 6) is -0.166. The van der Waals surface area contributed by atoms with Gasteiger partial charge in [-0.3, -0.25) is 9.59 Å². The zero-order chi connectivity index (χ0) is 19.9. The molecule has 0 heterocycles. The average molecular weight is 367 g/mol. The van der Waals surface area contributed by atoms with Crippen molar-refractivity contribution in [2.75, 3.05) is 18.4 Å². The Labute approximate surface area is 161 Å². The first kappa shape index (κ1) is 20.5. The van der Waals surface area contributed by atoms with Gasteiger partial charge in [0.05, 0.1) is 6.54 Å². The first-order valence-corrected chi connectivity index (χ1v) is 9.22. The number of amides is 2. The molecule has 2 rings (SSSR count). The third-order valence-electron chi connectivity index (χ3n) is 4.07. The lowest BCUT2D eigenvalue weighted by Crippen LogP contribution is -2.40. The van der Waals surface area contributed by atoms with Gasteiger partial charge in [-0.15, -0.1) is 0 Å². The van der Waals surface area contributed by atoms with Gasteiger partial charge < -0.3 is 16.0 Å². The third kappa shape index (κ3) is 7.13. The molecule has 0 aliphatic carbocycles. The summed E-state index contributed by atoms with van der Waals surface area (Å²) in [5, 5.41) is 8.92. The Bertz CT molecular complexity index is 777. The molecule has 5 heteroatoms. The van der Waals surface area contributed by atoms with E-state index >= 15 is 0 Å². The number of rotatable bonds is 7. The fourth-order valence-corrected chi connectivity index (χ4v) is 2.62. The molecule has 27 heavy (non-hydrogen) atoms. The van der Waals surface area contributed by atoms with Crippen LogP contribution in [0.3, 0.4) is 0 Å². The highest BCUT2D eigenvalue weighted by atomic mass is 16.2. The number of anilines is 1. The first-order valence-electron chi connectivity index (χ1n) is 9.22. The summed E-state index contributed by atoms with van der Waals surface area (Å²) in [4.78, 5) is 24.1. The Morgan fingerprint density at radius 2 is 1.63 bits per heavy atom. The Morgan fingerprint density at radius 3 is 2.26 bits per heavy atom. The number of aryl methyl sites for hydroxylation is 1. The zero-order valence-electron chi connectivity index (χ0n) is 16.6. The monoisotopic (exact) mass is 367 g/mol. The van der Waals surface area contributed by atoms with Crippen molar-refractivity contribution in [2.45, 2.75) is 39.7 Å². The normalized spacial score (nSPS) is 11.0. The number of hydrogen-bond acceptors (Lipinski definition) is 3. The quantitative estimate of drug-likeness (QED) is 0.703. The first-order chi connectivity index (χ1) is 12.7. The summed E-state index contributed by atoms with van der Waals surface area (Å²) in [7, 11) is 0. The van der Waals surface area contributed by atoms with Crippen LogP contribution in [0.2, 0.25) is 0 Å². The molecule has 0 saturated carbocycles. The molecule has 0 aliphatic heterocycles. The van der Waals surface area contributed by atoms with E-state index < -0.39 is 0 Å². The van der Waals surface area contributed by atoms with E-state index in [9.17, 15) is 9.59 Å². The smallest absolute Gasteiger partial charge is 0.251 e. The molecule has 5 nitrogen and oxygen atoms in total. The van der Waals surface area contributed by atoms with E-state index in [1.54, 1.807) is 24.3 Å². The van der Waals surface area contributed by atoms with Gasteiger partial charge in [0.2, 0.25) is 5.91 Å². The van der Waals surface area contributed by atoms with Crippen LogP contribution in [0.5, 0.6) is 0 Å². The van der Waals surface area contributed by atoms with Gasteiger partial charge in [0.15, 0.2) is 0 Å². The van der Waals surface area contributed by atoms with E-state index in [-0.39, 0.29) is 23.9 Å². The predicted octanol–water partition coefficient (Wildman–Crippen LogP) is 3.29. The van der Waals surface area contributed by atoms with Crippen LogP contribution < -0.4 is 16.0 Å². The molecule has 0 saturated heterocycles. The second-order valence-electron chi connectivity index (χ2n) is 7.66. The van der Waals surface area contributed by atoms with Crippen LogP contribution >= 0.6 is 0 Å². The van der Waals surface area contributed by atoms with Gasteiger partial charge in [0, 0.05) is 23.3 Å². The number of carbonyl (C=O) groups is 2. The summed E-state index contributed by atoms with van der Waals surface area (Å²) >= 11 is 0. The molecule has 0 atom stereocenters. The fraction of sp³-hybridized carbons (Fsp3) is 0.364. The van der Waals surface area contributed by atoms with E-state index in [1.165, 1.54) is 11.1 Å². The molecule has 0 bridgehead atoms. The van der Waals surface area contributed by atoms with Crippen molar-refractivity contribution in [1.29, 1.82) is 0 Å². The van der Waals surface area contributed by atoms with Crippen LogP contribution in [-0.4, -0.2) is 30.4 Å². The lowest BCUT2D eigenvalue weighted by Gasteiger charge is -2.20. The fourth-order valence-electron chi connectivity index (χ4n) is 2.62. The Hall–Kier alpha value is -2.82. The molecule has 0 fully saturated rings. The van der Waals surface area contributed by atoms with Gasteiger partial charge in [-0.05, 0) is 69.5 Å². The summed E-state index contributed by atoms with van der Waals surface area (Å²) < 4.78 is 0. The van der Waals surface area contributed by atoms with Crippen molar-refractivity contribution in [2.24, 2.45) is 0 Å². The summed E-state index contributed by atoms with van der Waals surface area (Å²) in [6.45, 7) is 8.71. The lowest BCUT2D eigenvalue weighted by atomic mass is 10.1. The average Bonchev–Trinajstić information content (AvgIpc) is 2.60. The zero-order valence-corrected chi connectivity index (χ0v) is 16.6. The second kappa shape index (κ2) is 9.21. The van der Waals surface area contributed by atoms with Crippen LogP contribution in [0.4, 0.5) is 5.69 Å². The van der Waals surface area contributed by atoms with Crippen molar-refractivity contribution in [3.8, 4) is 0 Å². The molecular weight excluding hydrogens is 338 g/mol. The Balaban J connectivity index is 1.75. The van der Waals surface area contributed by atoms with Gasteiger partial charge in [-0.25, -0.2) is 0 Å². The van der Waals surface area contributed by atoms with Gasteiger partial charge in [0.1, 0.15) is 0 Å². The van der Waals surface area contributed by atoms with Crippen LogP contribution in [0, 0.1) is 6.92 Å². The summed E-state index contributed by atoms with van der Waals surface area (Å²) in [5.41, 5.74) is 3.61. The Kier molecular flexibility index (Phi) is 6.99. The van der Waals surface area contributed by atoms with Crippen molar-refractivity contribution < 1.29 is 9.59 Å². The molecule has 0 aromatic heterocycles. The van der Waals surface area contributed by atoms with Crippen molar-refractivity contribution >= 4 is 17.5 Å². The topological polar surface area (TPSA) is 70.2 Å². The lowest BCUT2D eigenvalue weighted by molar-refractivity contribution is -0.119. The number of carbonyl (C=O) groups excluding carboxylic acids is 2. The van der Waals surface area contributed by atoms with Gasteiger partial charge in [-0.2, -0.15) is 0 Å². The largest absolute Gasteiger partial charge is 0.376 e. The third-order valence-corrected chi connectivity index (χ3v) is 4.07. The highest BCUT2D eigenvalue weighted by Crippen LogP contribution is 2.11. The highest BCUT2D eigenvalue weighted by Gasteiger charge is 2.15. The van der Waals surface area contributed by atoms with Gasteiger partial charge in [0.25, 0.3) is 5.91 Å². The van der Waals surface area contributed by atoms with E-state index in [0.717, 1.165) is 12.1 Å². The minimum absolute atomic E-state index is 0.0573. The van der Waals surface area contributed by atoms with Crippen LogP contribution in [0.15, 0.2) is 48.5 Å². The second-order valence-corrected chi connectivity index (χ2v) is 7.66. The maximum absolute atomic E-state index is 12.1. The maximum atomic E-state index is 12.1. The van der Waals surface area contributed by atoms with Crippen LogP contribution in [-0.2, 0) is 11.2 Å². The number of benzene rings is 2. The molecule has 0 unspecified atom stereocenters. The summed E-state index contributed by atoms with van der Waals surface area (Å²) in [6.07, 6.45) is 0.815. The molecule has 144 valence electrons. The van der Waals surface area contributed by atoms with E-state index in [4.69, 9.17) is 0 Å². The van der Waals surface area contributed by atoms with Crippen molar-refractivity contribution in [3.63, 3.8) is 0 Å². The Morgan fingerprint density at radius 1 is 0.963 bits per heavy atom. The number of nitrogens with one attached hydrogen (secondary N) is 3. The van der Waals surface area contributed by atoms with Crippen LogP contribution in [0.25, 0.3) is 0 Å². The molecule has 0 radical (unpaired) electrons. The predicted molar refractivity (Wildman–Crippen MR) is 110 cm³/mol. The molecule has 2 amide bonds. The molecule has 0 spiro atoms. The molecule has 0 aliphatic rings. The minimum atomic E-state index is -0.273. The molecular formula is C22H29N3O2. The molecule has 2 aromatic carbocycles. The maximum Gasteiger partial charge on any atom is 0.251 e. The van der Waals surface area contributed by atoms with Crippen molar-refractivity contribution in [3.05, 3.63) is 65.2 Å². The molecule has 3 N–H and O–H groups in total. The van der Waals surface area contributed by atoms with Gasteiger partial charge in [-0.1, -0.05) is 24.3 Å². The SMILES string of the molecule is Cc1ccccc1CCNC(=O)CNc1ccc(C(=O)NC(C)(C)C)cc1. The van der Waals surface area contributed by atoms with Crippen LogP contribution in [0.1, 0.15) is 42.3 Å². The number of hydrogen-bond donors (Lipinski definition) is 3. The molecule has 2 aromatic rings. The van der Waals surface area contributed by atoms with E-state index in [0.29, 0.717) is 12.1 Å². The van der Waals surface area contributed by atoms with E-state index in [2.05, 4.69) is 35.0 Å². The standard InChI is InChI=1S/C22H29N3O2/c1-16-7-5-6-8-17(16)13-14-23-20(26)15-24-19-11-9-18(10-12-19)21(27)25-22(2,3)4/h5-12,24H,13-15H2,1-4H3,(H,23,26)(H,25,27). The minimum Gasteiger partial charge on any atom is -0.376 e. The van der Waals surface area contributed by atoms with Crippen molar-refractivity contribution in [1.82, 2.24) is 10.6 Å². The highest BCUT2D eigenvalue weighted by molar-refractivity contribution is 5.95. The summed E-state index contributed by atoms with van der Waals surface area (Å²) in [6, 6.07) is 15.3.